The number of nitrogens with zero attached hydrogens (tertiary/aromatic N) is 2. The molecule has 4 heteroatoms. The van der Waals surface area contributed by atoms with Crippen LogP contribution in [0.1, 0.15) is 23.7 Å². The number of benzene rings is 1. The van der Waals surface area contributed by atoms with Crippen molar-refractivity contribution in [3.63, 3.8) is 0 Å². The van der Waals surface area contributed by atoms with Crippen molar-refractivity contribution in [1.29, 1.82) is 0 Å². The lowest BCUT2D eigenvalue weighted by molar-refractivity contribution is 0.416. The maximum Gasteiger partial charge on any atom is 0.137 e. The summed E-state index contributed by atoms with van der Waals surface area (Å²) in [5.41, 5.74) is 4.85. The molecule has 1 unspecified atom stereocenters. The lowest BCUT2D eigenvalue weighted by Crippen LogP contribution is -1.99. The fourth-order valence-electron chi connectivity index (χ4n) is 2.69. The molecule has 0 aliphatic heterocycles. The van der Waals surface area contributed by atoms with E-state index < -0.39 is 0 Å². The second-order valence-corrected chi connectivity index (χ2v) is 5.68. The number of pyridine rings is 1. The minimum absolute atomic E-state index is 0.152. The molecule has 0 bridgehead atoms. The van der Waals surface area contributed by atoms with E-state index in [1.165, 1.54) is 0 Å². The van der Waals surface area contributed by atoms with Gasteiger partial charge in [-0.3, -0.25) is 4.40 Å². The second-order valence-electron chi connectivity index (χ2n) is 5.02. The summed E-state index contributed by atoms with van der Waals surface area (Å²) < 4.78 is 7.58. The van der Waals surface area contributed by atoms with Gasteiger partial charge in [-0.05, 0) is 38.1 Å². The van der Waals surface area contributed by atoms with Crippen molar-refractivity contribution in [1.82, 2.24) is 9.38 Å². The Hall–Kier alpha value is -2.00. The first-order valence-electron chi connectivity index (χ1n) is 6.89. The van der Waals surface area contributed by atoms with Crippen LogP contribution in [0, 0.1) is 6.92 Å². The van der Waals surface area contributed by atoms with Gasteiger partial charge >= 0.3 is 0 Å². The van der Waals surface area contributed by atoms with Crippen LogP contribution >= 0.6 is 11.6 Å². The molecular formula is C17H17ClN2O. The van der Waals surface area contributed by atoms with E-state index in [0.717, 1.165) is 34.0 Å². The molecule has 2 aromatic heterocycles. The highest BCUT2D eigenvalue weighted by molar-refractivity contribution is 6.20. The molecule has 3 aromatic rings. The number of hydrogen-bond acceptors (Lipinski definition) is 2. The van der Waals surface area contributed by atoms with E-state index in [2.05, 4.69) is 17.4 Å². The van der Waals surface area contributed by atoms with Crippen LogP contribution < -0.4 is 4.74 Å². The number of methoxy groups -OCH3 is 1. The summed E-state index contributed by atoms with van der Waals surface area (Å²) in [5, 5.41) is -0.152. The highest BCUT2D eigenvalue weighted by atomic mass is 35.5. The average molecular weight is 301 g/mol. The average Bonchev–Trinajstić information content (AvgIpc) is 2.88. The van der Waals surface area contributed by atoms with Gasteiger partial charge in [-0.1, -0.05) is 18.2 Å². The lowest BCUT2D eigenvalue weighted by atomic mass is 10.1. The van der Waals surface area contributed by atoms with Gasteiger partial charge in [0.1, 0.15) is 11.4 Å². The molecule has 0 amide bonds. The largest absolute Gasteiger partial charge is 0.496 e. The van der Waals surface area contributed by atoms with Gasteiger partial charge in [0.15, 0.2) is 0 Å². The number of alkyl halides is 1. The molecule has 0 aliphatic rings. The van der Waals surface area contributed by atoms with Crippen molar-refractivity contribution in [2.24, 2.45) is 0 Å². The first-order valence-corrected chi connectivity index (χ1v) is 7.32. The van der Waals surface area contributed by atoms with E-state index in [1.54, 1.807) is 7.11 Å². The Morgan fingerprint density at radius 1 is 1.14 bits per heavy atom. The highest BCUT2D eigenvalue weighted by Crippen LogP contribution is 2.37. The number of fused-ring (bicyclic) bond motifs is 1. The maximum atomic E-state index is 6.44. The Labute approximate surface area is 129 Å². The number of hydrogen-bond donors (Lipinski definition) is 0. The Morgan fingerprint density at radius 3 is 2.62 bits per heavy atom. The lowest BCUT2D eigenvalue weighted by Gasteiger charge is -2.11. The molecule has 1 atom stereocenters. The van der Waals surface area contributed by atoms with Crippen LogP contribution in [-0.4, -0.2) is 16.5 Å². The van der Waals surface area contributed by atoms with Gasteiger partial charge in [0, 0.05) is 11.3 Å². The van der Waals surface area contributed by atoms with Crippen molar-refractivity contribution in [2.75, 3.05) is 7.11 Å². The van der Waals surface area contributed by atoms with E-state index in [9.17, 15) is 0 Å². The number of halogens is 1. The third-order valence-electron chi connectivity index (χ3n) is 3.61. The van der Waals surface area contributed by atoms with Crippen molar-refractivity contribution in [3.8, 4) is 17.0 Å². The summed E-state index contributed by atoms with van der Waals surface area (Å²) in [6, 6.07) is 13.9. The van der Waals surface area contributed by atoms with E-state index in [-0.39, 0.29) is 5.38 Å². The molecule has 21 heavy (non-hydrogen) atoms. The molecule has 0 saturated heterocycles. The van der Waals surface area contributed by atoms with Gasteiger partial charge < -0.3 is 4.74 Å². The summed E-state index contributed by atoms with van der Waals surface area (Å²) in [6.07, 6.45) is 0. The monoisotopic (exact) mass is 300 g/mol. The third-order valence-corrected chi connectivity index (χ3v) is 3.82. The Morgan fingerprint density at radius 2 is 1.90 bits per heavy atom. The molecular weight excluding hydrogens is 284 g/mol. The van der Waals surface area contributed by atoms with Crippen molar-refractivity contribution in [3.05, 3.63) is 53.9 Å². The van der Waals surface area contributed by atoms with Crippen LogP contribution in [0.2, 0.25) is 0 Å². The number of aryl methyl sites for hydroxylation is 1. The van der Waals surface area contributed by atoms with Crippen molar-refractivity contribution >= 4 is 17.2 Å². The quantitative estimate of drug-likeness (QED) is 0.660. The second kappa shape index (κ2) is 5.41. The van der Waals surface area contributed by atoms with Gasteiger partial charge in [-0.2, -0.15) is 0 Å². The molecule has 0 aliphatic carbocycles. The highest BCUT2D eigenvalue weighted by Gasteiger charge is 2.21. The summed E-state index contributed by atoms with van der Waals surface area (Å²) >= 11 is 6.44. The summed E-state index contributed by atoms with van der Waals surface area (Å²) in [6.45, 7) is 4.03. The topological polar surface area (TPSA) is 26.5 Å². The molecule has 1 aromatic carbocycles. The van der Waals surface area contributed by atoms with Gasteiger partial charge in [0.05, 0.1) is 23.9 Å². The molecule has 0 fully saturated rings. The molecule has 0 spiro atoms. The first-order chi connectivity index (χ1) is 10.1. The van der Waals surface area contributed by atoms with Gasteiger partial charge in [0.2, 0.25) is 0 Å². The van der Waals surface area contributed by atoms with Gasteiger partial charge in [-0.25, -0.2) is 4.98 Å². The normalized spacial score (nSPS) is 12.6. The predicted octanol–water partition coefficient (Wildman–Crippen LogP) is 4.62. The smallest absolute Gasteiger partial charge is 0.137 e. The first kappa shape index (κ1) is 14.0. The fourth-order valence-corrected chi connectivity index (χ4v) is 2.89. The molecule has 0 radical (unpaired) electrons. The molecule has 108 valence electrons. The van der Waals surface area contributed by atoms with Crippen LogP contribution in [0.15, 0.2) is 42.5 Å². The Bertz CT molecular complexity index is 793. The van der Waals surface area contributed by atoms with E-state index in [1.807, 2.05) is 43.3 Å². The summed E-state index contributed by atoms with van der Waals surface area (Å²) in [4.78, 5) is 4.77. The van der Waals surface area contributed by atoms with Crippen LogP contribution in [0.25, 0.3) is 16.9 Å². The molecule has 2 heterocycles. The molecule has 3 rings (SSSR count). The van der Waals surface area contributed by atoms with Crippen LogP contribution in [0.5, 0.6) is 5.75 Å². The zero-order chi connectivity index (χ0) is 15.0. The van der Waals surface area contributed by atoms with Crippen LogP contribution in [-0.2, 0) is 0 Å². The number of rotatable bonds is 3. The van der Waals surface area contributed by atoms with Crippen LogP contribution in [0.3, 0.4) is 0 Å². The third kappa shape index (κ3) is 2.28. The molecule has 0 N–H and O–H groups in total. The van der Waals surface area contributed by atoms with Gasteiger partial charge in [-0.15, -0.1) is 11.6 Å². The predicted molar refractivity (Wildman–Crippen MR) is 86.2 cm³/mol. The van der Waals surface area contributed by atoms with E-state index in [0.29, 0.717) is 0 Å². The summed E-state index contributed by atoms with van der Waals surface area (Å²) in [7, 11) is 1.67. The zero-order valence-corrected chi connectivity index (χ0v) is 13.1. The van der Waals surface area contributed by atoms with E-state index in [4.69, 9.17) is 21.3 Å². The zero-order valence-electron chi connectivity index (χ0n) is 12.3. The minimum Gasteiger partial charge on any atom is -0.496 e. The van der Waals surface area contributed by atoms with Gasteiger partial charge in [0.25, 0.3) is 0 Å². The van der Waals surface area contributed by atoms with Crippen LogP contribution in [0.4, 0.5) is 0 Å². The van der Waals surface area contributed by atoms with Crippen molar-refractivity contribution < 1.29 is 4.74 Å². The number of para-hydroxylation sites is 1. The Balaban J connectivity index is 2.37. The molecule has 0 saturated carbocycles. The standard InChI is InChI=1S/C17H17ClN2O/c1-11-7-6-10-15-19-16(17(12(2)18)20(11)15)13-8-4-5-9-14(13)21-3/h4-10,12H,1-3H3. The SMILES string of the molecule is COc1ccccc1-c1nc2cccc(C)n2c1C(C)Cl. The molecule has 3 nitrogen and oxygen atoms in total. The summed E-state index contributed by atoms with van der Waals surface area (Å²) in [5.74, 6) is 0.803. The Kier molecular flexibility index (Phi) is 3.60. The maximum absolute atomic E-state index is 6.44. The minimum atomic E-state index is -0.152. The number of ether oxygens (including phenoxy) is 1. The van der Waals surface area contributed by atoms with E-state index >= 15 is 0 Å². The number of imidazole rings is 1. The van der Waals surface area contributed by atoms with Crippen molar-refractivity contribution in [2.45, 2.75) is 19.2 Å². The number of aromatic nitrogens is 2. The fraction of sp³-hybridized carbons (Fsp3) is 0.235.